The van der Waals surface area contributed by atoms with Gasteiger partial charge >= 0.3 is 0 Å². The zero-order valence-electron chi connectivity index (χ0n) is 14.1. The van der Waals surface area contributed by atoms with Gasteiger partial charge in [-0.15, -0.1) is 12.4 Å². The van der Waals surface area contributed by atoms with Gasteiger partial charge in [-0.05, 0) is 50.7 Å². The number of hydrogen-bond acceptors (Lipinski definition) is 5. The Morgan fingerprint density at radius 1 is 1.39 bits per heavy atom. The van der Waals surface area contributed by atoms with Crippen molar-refractivity contribution in [1.29, 1.82) is 0 Å². The Morgan fingerprint density at radius 3 is 3.00 bits per heavy atom. The van der Waals surface area contributed by atoms with E-state index in [-0.39, 0.29) is 12.4 Å². The van der Waals surface area contributed by atoms with E-state index in [2.05, 4.69) is 41.8 Å². The highest BCUT2D eigenvalue weighted by atomic mass is 35.5. The van der Waals surface area contributed by atoms with Crippen LogP contribution < -0.4 is 15.4 Å². The fourth-order valence-electron chi connectivity index (χ4n) is 3.00. The molecule has 130 valence electrons. The third-order valence-electron chi connectivity index (χ3n) is 4.29. The van der Waals surface area contributed by atoms with Crippen LogP contribution in [0.15, 0.2) is 12.1 Å². The largest absolute Gasteiger partial charge is 0.492 e. The number of nitrogens with zero attached hydrogens (tertiary/aromatic N) is 1. The van der Waals surface area contributed by atoms with Crippen molar-refractivity contribution >= 4 is 18.1 Å². The topological polar surface area (TPSA) is 45.8 Å². The van der Waals surface area contributed by atoms with Gasteiger partial charge in [0.05, 0.1) is 12.6 Å². The van der Waals surface area contributed by atoms with E-state index in [0.29, 0.717) is 6.04 Å². The van der Waals surface area contributed by atoms with E-state index in [4.69, 9.17) is 9.47 Å². The monoisotopic (exact) mass is 341 g/mol. The molecule has 2 heterocycles. The van der Waals surface area contributed by atoms with Crippen molar-refractivity contribution in [2.24, 2.45) is 0 Å². The highest BCUT2D eigenvalue weighted by Gasteiger charge is 2.20. The molecule has 1 aromatic carbocycles. The van der Waals surface area contributed by atoms with Gasteiger partial charge in [0.1, 0.15) is 12.4 Å². The van der Waals surface area contributed by atoms with Gasteiger partial charge in [-0.2, -0.15) is 0 Å². The van der Waals surface area contributed by atoms with Crippen molar-refractivity contribution in [2.75, 3.05) is 52.3 Å². The number of anilines is 1. The number of hydrogen-bond donors (Lipinski definition) is 2. The predicted octanol–water partition coefficient (Wildman–Crippen LogP) is 1.90. The molecule has 0 spiro atoms. The summed E-state index contributed by atoms with van der Waals surface area (Å²) in [6, 6.07) is 4.78. The van der Waals surface area contributed by atoms with E-state index in [1.165, 1.54) is 16.8 Å². The molecule has 0 radical (unpaired) electrons. The maximum Gasteiger partial charge on any atom is 0.121 e. The normalized spacial score (nSPS) is 20.0. The maximum atomic E-state index is 5.95. The third kappa shape index (κ3) is 4.98. The number of ether oxygens (including phenoxy) is 2. The number of benzene rings is 1. The first-order valence-electron chi connectivity index (χ1n) is 8.20. The van der Waals surface area contributed by atoms with Gasteiger partial charge in [0.25, 0.3) is 0 Å². The Kier molecular flexibility index (Phi) is 6.96. The molecule has 1 atom stereocenters. The fraction of sp³-hybridized carbons (Fsp3) is 0.647. The molecule has 6 heteroatoms. The molecule has 0 amide bonds. The molecule has 5 nitrogen and oxygen atoms in total. The van der Waals surface area contributed by atoms with Crippen LogP contribution in [-0.2, 0) is 17.7 Å². The van der Waals surface area contributed by atoms with Crippen molar-refractivity contribution < 1.29 is 9.47 Å². The molecule has 0 unspecified atom stereocenters. The summed E-state index contributed by atoms with van der Waals surface area (Å²) < 4.78 is 11.4. The van der Waals surface area contributed by atoms with Crippen molar-refractivity contribution in [3.63, 3.8) is 0 Å². The van der Waals surface area contributed by atoms with E-state index < -0.39 is 0 Å². The highest BCUT2D eigenvalue weighted by molar-refractivity contribution is 5.85. The van der Waals surface area contributed by atoms with Gasteiger partial charge in [0.2, 0.25) is 0 Å². The van der Waals surface area contributed by atoms with Crippen LogP contribution in [0.2, 0.25) is 0 Å². The lowest BCUT2D eigenvalue weighted by Crippen LogP contribution is -2.27. The predicted molar refractivity (Wildman–Crippen MR) is 96.0 cm³/mol. The molecule has 3 rings (SSSR count). The third-order valence-corrected chi connectivity index (χ3v) is 4.29. The number of rotatable bonds is 6. The molecule has 23 heavy (non-hydrogen) atoms. The van der Waals surface area contributed by atoms with E-state index in [1.54, 1.807) is 0 Å². The van der Waals surface area contributed by atoms with E-state index in [9.17, 15) is 0 Å². The molecule has 2 aliphatic rings. The zero-order valence-corrected chi connectivity index (χ0v) is 14.9. The van der Waals surface area contributed by atoms with Gasteiger partial charge in [-0.25, -0.2) is 0 Å². The average Bonchev–Trinajstić information content (AvgIpc) is 3.00. The highest BCUT2D eigenvalue weighted by Crippen LogP contribution is 2.30. The molecular weight excluding hydrogens is 314 g/mol. The van der Waals surface area contributed by atoms with E-state index in [0.717, 1.165) is 58.0 Å². The van der Waals surface area contributed by atoms with Gasteiger partial charge < -0.3 is 25.0 Å². The van der Waals surface area contributed by atoms with Gasteiger partial charge in [-0.1, -0.05) is 0 Å². The molecule has 2 N–H and O–H groups in total. The minimum Gasteiger partial charge on any atom is -0.492 e. The summed E-state index contributed by atoms with van der Waals surface area (Å²) in [7, 11) is 4.13. The quantitative estimate of drug-likeness (QED) is 0.827. The first-order valence-corrected chi connectivity index (χ1v) is 8.20. The Hall–Kier alpha value is -1.01. The number of halogens is 1. The number of likely N-dealkylation sites (N-methyl/N-ethyl adjacent to an activating group) is 1. The van der Waals surface area contributed by atoms with Crippen LogP contribution in [0.4, 0.5) is 5.69 Å². The second-order valence-electron chi connectivity index (χ2n) is 6.39. The summed E-state index contributed by atoms with van der Waals surface area (Å²) in [4.78, 5) is 2.14. The SMILES string of the molecule is CN(C)CCOc1cc2c(c(N[C@@H]3CCOC3)c1)CNCC2.Cl. The lowest BCUT2D eigenvalue weighted by molar-refractivity contribution is 0.195. The molecule has 0 aromatic heterocycles. The summed E-state index contributed by atoms with van der Waals surface area (Å²) in [5.74, 6) is 0.976. The van der Waals surface area contributed by atoms with Crippen LogP contribution in [0.3, 0.4) is 0 Å². The Labute approximate surface area is 145 Å². The fourth-order valence-corrected chi connectivity index (χ4v) is 3.00. The Bertz CT molecular complexity index is 505. The first-order chi connectivity index (χ1) is 10.7. The second kappa shape index (κ2) is 8.73. The number of nitrogens with one attached hydrogen (secondary N) is 2. The Morgan fingerprint density at radius 2 is 2.26 bits per heavy atom. The van der Waals surface area contributed by atoms with Crippen molar-refractivity contribution in [3.8, 4) is 5.75 Å². The summed E-state index contributed by atoms with van der Waals surface area (Å²) >= 11 is 0. The maximum absolute atomic E-state index is 5.95. The van der Waals surface area contributed by atoms with Crippen LogP contribution in [0, 0.1) is 0 Å². The second-order valence-corrected chi connectivity index (χ2v) is 6.39. The summed E-state index contributed by atoms with van der Waals surface area (Å²) in [5.41, 5.74) is 4.00. The molecule has 0 bridgehead atoms. The lowest BCUT2D eigenvalue weighted by Gasteiger charge is -2.24. The molecular formula is C17H28ClN3O2. The van der Waals surface area contributed by atoms with Crippen molar-refractivity contribution in [3.05, 3.63) is 23.3 Å². The minimum absolute atomic E-state index is 0. The molecule has 2 aliphatic heterocycles. The van der Waals surface area contributed by atoms with Crippen molar-refractivity contribution in [1.82, 2.24) is 10.2 Å². The van der Waals surface area contributed by atoms with E-state index in [1.807, 2.05) is 0 Å². The van der Waals surface area contributed by atoms with Crippen LogP contribution in [0.25, 0.3) is 0 Å². The number of fused-ring (bicyclic) bond motifs is 1. The summed E-state index contributed by atoms with van der Waals surface area (Å²) in [6.07, 6.45) is 2.14. The Balaban J connectivity index is 0.00000192. The molecule has 0 aliphatic carbocycles. The molecule has 0 saturated carbocycles. The van der Waals surface area contributed by atoms with E-state index >= 15 is 0 Å². The summed E-state index contributed by atoms with van der Waals surface area (Å²) in [5, 5.41) is 7.12. The van der Waals surface area contributed by atoms with Crippen LogP contribution in [0.1, 0.15) is 17.5 Å². The summed E-state index contributed by atoms with van der Waals surface area (Å²) in [6.45, 7) is 5.28. The van der Waals surface area contributed by atoms with Gasteiger partial charge in [0.15, 0.2) is 0 Å². The van der Waals surface area contributed by atoms with Crippen LogP contribution >= 0.6 is 12.4 Å². The lowest BCUT2D eigenvalue weighted by atomic mass is 9.98. The average molecular weight is 342 g/mol. The standard InChI is InChI=1S/C17H27N3O2.ClH/c1-20(2)6-8-22-15-9-13-3-5-18-11-16(13)17(10-15)19-14-4-7-21-12-14;/h9-10,14,18-19H,3-8,11-12H2,1-2H3;1H/t14-;/m1./s1. The van der Waals surface area contributed by atoms with Crippen LogP contribution in [0.5, 0.6) is 5.75 Å². The van der Waals surface area contributed by atoms with Gasteiger partial charge in [-0.3, -0.25) is 0 Å². The zero-order chi connectivity index (χ0) is 15.4. The van der Waals surface area contributed by atoms with Crippen LogP contribution in [-0.4, -0.2) is 57.9 Å². The van der Waals surface area contributed by atoms with Gasteiger partial charge in [0, 0.05) is 31.5 Å². The first kappa shape index (κ1) is 18.3. The van der Waals surface area contributed by atoms with Crippen molar-refractivity contribution in [2.45, 2.75) is 25.4 Å². The molecule has 1 fully saturated rings. The smallest absolute Gasteiger partial charge is 0.121 e. The molecule has 1 aromatic rings. The molecule has 1 saturated heterocycles. The minimum atomic E-state index is 0.